The molecule has 0 spiro atoms. The van der Waals surface area contributed by atoms with Crippen LogP contribution in [0.3, 0.4) is 0 Å². The molecule has 126 valence electrons. The van der Waals surface area contributed by atoms with Crippen molar-refractivity contribution in [3.63, 3.8) is 0 Å². The predicted octanol–water partition coefficient (Wildman–Crippen LogP) is 5.16. The third-order valence-corrected chi connectivity index (χ3v) is 8.53. The van der Waals surface area contributed by atoms with Crippen LogP contribution in [0.4, 0.5) is 0 Å². The van der Waals surface area contributed by atoms with Gasteiger partial charge in [-0.15, -0.1) is 0 Å². The first-order valence-electron chi connectivity index (χ1n) is 8.10. The minimum atomic E-state index is -1.65. The summed E-state index contributed by atoms with van der Waals surface area (Å²) in [5.74, 6) is 0.390. The molecule has 0 bridgehead atoms. The van der Waals surface area contributed by atoms with E-state index in [1.54, 1.807) is 0 Å². The Morgan fingerprint density at radius 2 is 1.62 bits per heavy atom. The molecule has 0 aromatic carbocycles. The zero-order chi connectivity index (χ0) is 16.9. The molecule has 1 atom stereocenters. The first-order chi connectivity index (χ1) is 9.24. The van der Waals surface area contributed by atoms with Gasteiger partial charge in [-0.05, 0) is 57.7 Å². The van der Waals surface area contributed by atoms with Crippen LogP contribution >= 0.6 is 0 Å². The molecular formula is C17H36O3Si. The third-order valence-electron chi connectivity index (χ3n) is 4.03. The number of carbonyl (C=O) groups excluding carboxylic acids is 1. The number of carbonyl (C=O) groups is 1. The Hall–Kier alpha value is -0.353. The van der Waals surface area contributed by atoms with Crippen LogP contribution in [0.2, 0.25) is 18.1 Å². The monoisotopic (exact) mass is 316 g/mol. The van der Waals surface area contributed by atoms with Gasteiger partial charge in [0.15, 0.2) is 8.32 Å². The first-order valence-corrected chi connectivity index (χ1v) is 11.0. The summed E-state index contributed by atoms with van der Waals surface area (Å²) in [6, 6.07) is 0. The van der Waals surface area contributed by atoms with Crippen molar-refractivity contribution < 1.29 is 14.0 Å². The highest BCUT2D eigenvalue weighted by Gasteiger charge is 2.37. The van der Waals surface area contributed by atoms with Crippen molar-refractivity contribution in [2.24, 2.45) is 5.92 Å². The van der Waals surface area contributed by atoms with Gasteiger partial charge in [0.05, 0.1) is 0 Å². The summed E-state index contributed by atoms with van der Waals surface area (Å²) in [7, 11) is -1.65. The summed E-state index contributed by atoms with van der Waals surface area (Å²) >= 11 is 0. The van der Waals surface area contributed by atoms with Gasteiger partial charge < -0.3 is 9.16 Å². The average molecular weight is 317 g/mol. The SMILES string of the molecule is CC(CCCC(=O)OC(C)(C)C)CO[Si](C)(C)C(C)(C)C. The van der Waals surface area contributed by atoms with Crippen molar-refractivity contribution in [2.45, 2.75) is 91.5 Å². The normalized spacial score (nSPS) is 14.9. The highest BCUT2D eigenvalue weighted by molar-refractivity contribution is 6.74. The second-order valence-corrected chi connectivity index (χ2v) is 13.5. The van der Waals surface area contributed by atoms with Crippen LogP contribution in [-0.2, 0) is 14.0 Å². The molecule has 0 rings (SSSR count). The van der Waals surface area contributed by atoms with Gasteiger partial charge in [0, 0.05) is 13.0 Å². The van der Waals surface area contributed by atoms with E-state index in [2.05, 4.69) is 40.8 Å². The van der Waals surface area contributed by atoms with E-state index in [0.29, 0.717) is 12.3 Å². The molecule has 0 saturated heterocycles. The molecule has 0 saturated carbocycles. The van der Waals surface area contributed by atoms with Crippen LogP contribution in [0.1, 0.15) is 67.7 Å². The molecule has 0 radical (unpaired) electrons. The van der Waals surface area contributed by atoms with Gasteiger partial charge in [0.1, 0.15) is 5.60 Å². The fourth-order valence-electron chi connectivity index (χ4n) is 1.64. The largest absolute Gasteiger partial charge is 0.460 e. The van der Waals surface area contributed by atoms with Crippen LogP contribution in [0, 0.1) is 5.92 Å². The molecule has 0 heterocycles. The predicted molar refractivity (Wildman–Crippen MR) is 92.0 cm³/mol. The summed E-state index contributed by atoms with van der Waals surface area (Å²) in [6.45, 7) is 20.0. The topological polar surface area (TPSA) is 35.5 Å². The molecule has 0 aliphatic carbocycles. The third kappa shape index (κ3) is 9.30. The highest BCUT2D eigenvalue weighted by Crippen LogP contribution is 2.36. The van der Waals surface area contributed by atoms with E-state index in [1.165, 1.54) is 0 Å². The standard InChI is InChI=1S/C17H36O3Si/c1-14(13-19-21(8,9)17(5,6)7)11-10-12-15(18)20-16(2,3)4/h14H,10-13H2,1-9H3. The maximum atomic E-state index is 11.6. The van der Waals surface area contributed by atoms with Crippen molar-refractivity contribution in [3.8, 4) is 0 Å². The van der Waals surface area contributed by atoms with E-state index in [9.17, 15) is 4.79 Å². The Morgan fingerprint density at radius 1 is 1.10 bits per heavy atom. The fraction of sp³-hybridized carbons (Fsp3) is 0.941. The second-order valence-electron chi connectivity index (χ2n) is 8.66. The molecule has 0 aromatic heterocycles. The first kappa shape index (κ1) is 20.6. The number of esters is 1. The lowest BCUT2D eigenvalue weighted by atomic mass is 10.1. The van der Waals surface area contributed by atoms with Crippen molar-refractivity contribution in [1.29, 1.82) is 0 Å². The maximum Gasteiger partial charge on any atom is 0.306 e. The van der Waals surface area contributed by atoms with Crippen LogP contribution in [-0.4, -0.2) is 26.5 Å². The van der Waals surface area contributed by atoms with Gasteiger partial charge in [-0.25, -0.2) is 0 Å². The number of hydrogen-bond donors (Lipinski definition) is 0. The molecule has 0 aliphatic heterocycles. The summed E-state index contributed by atoms with van der Waals surface area (Å²) in [5.41, 5.74) is -0.381. The van der Waals surface area contributed by atoms with Gasteiger partial charge in [-0.3, -0.25) is 4.79 Å². The Labute approximate surface area is 132 Å². The van der Waals surface area contributed by atoms with Gasteiger partial charge in [-0.1, -0.05) is 27.7 Å². The summed E-state index contributed by atoms with van der Waals surface area (Å²) in [5, 5.41) is 0.253. The van der Waals surface area contributed by atoms with Crippen molar-refractivity contribution in [3.05, 3.63) is 0 Å². The minimum Gasteiger partial charge on any atom is -0.460 e. The Morgan fingerprint density at radius 3 is 2.05 bits per heavy atom. The van der Waals surface area contributed by atoms with Crippen molar-refractivity contribution in [1.82, 2.24) is 0 Å². The number of ether oxygens (including phenoxy) is 1. The van der Waals surface area contributed by atoms with Gasteiger partial charge in [0.2, 0.25) is 0 Å². The van der Waals surface area contributed by atoms with Crippen molar-refractivity contribution in [2.75, 3.05) is 6.61 Å². The van der Waals surface area contributed by atoms with E-state index in [4.69, 9.17) is 9.16 Å². The summed E-state index contributed by atoms with van der Waals surface area (Å²) < 4.78 is 11.5. The molecular weight excluding hydrogens is 280 g/mol. The van der Waals surface area contributed by atoms with Gasteiger partial charge in [-0.2, -0.15) is 0 Å². The molecule has 0 amide bonds. The molecule has 21 heavy (non-hydrogen) atoms. The smallest absolute Gasteiger partial charge is 0.306 e. The molecule has 0 aliphatic rings. The van der Waals surface area contributed by atoms with Crippen LogP contribution in [0.25, 0.3) is 0 Å². The van der Waals surface area contributed by atoms with E-state index in [0.717, 1.165) is 19.4 Å². The zero-order valence-corrected chi connectivity index (χ0v) is 16.6. The van der Waals surface area contributed by atoms with E-state index in [1.807, 2.05) is 20.8 Å². The van der Waals surface area contributed by atoms with Crippen LogP contribution in [0.5, 0.6) is 0 Å². The van der Waals surface area contributed by atoms with Gasteiger partial charge >= 0.3 is 5.97 Å². The summed E-state index contributed by atoms with van der Waals surface area (Å²) in [4.78, 5) is 11.6. The average Bonchev–Trinajstić information content (AvgIpc) is 2.22. The molecule has 3 nitrogen and oxygen atoms in total. The van der Waals surface area contributed by atoms with Gasteiger partial charge in [0.25, 0.3) is 0 Å². The quantitative estimate of drug-likeness (QED) is 0.481. The van der Waals surface area contributed by atoms with Crippen molar-refractivity contribution >= 4 is 14.3 Å². The zero-order valence-electron chi connectivity index (χ0n) is 15.6. The molecule has 0 aromatic rings. The molecule has 0 fully saturated rings. The number of hydrogen-bond acceptors (Lipinski definition) is 3. The Bertz CT molecular complexity index is 324. The van der Waals surface area contributed by atoms with E-state index >= 15 is 0 Å². The Balaban J connectivity index is 3.97. The summed E-state index contributed by atoms with van der Waals surface area (Å²) in [6.07, 6.45) is 2.38. The molecule has 0 N–H and O–H groups in total. The lowest BCUT2D eigenvalue weighted by Crippen LogP contribution is -2.41. The highest BCUT2D eigenvalue weighted by atomic mass is 28.4. The lowest BCUT2D eigenvalue weighted by Gasteiger charge is -2.37. The van der Waals surface area contributed by atoms with E-state index in [-0.39, 0.29) is 16.6 Å². The number of rotatable bonds is 7. The van der Waals surface area contributed by atoms with E-state index < -0.39 is 8.32 Å². The lowest BCUT2D eigenvalue weighted by molar-refractivity contribution is -0.154. The Kier molecular flexibility index (Phi) is 7.64. The maximum absolute atomic E-state index is 11.6. The molecule has 4 heteroatoms. The van der Waals surface area contributed by atoms with Crippen LogP contribution < -0.4 is 0 Å². The fourth-order valence-corrected chi connectivity index (χ4v) is 2.77. The molecule has 1 unspecified atom stereocenters. The second kappa shape index (κ2) is 7.77. The minimum absolute atomic E-state index is 0.0972. The van der Waals surface area contributed by atoms with Crippen LogP contribution in [0.15, 0.2) is 0 Å².